The van der Waals surface area contributed by atoms with Gasteiger partial charge in [0.15, 0.2) is 11.6 Å². The summed E-state index contributed by atoms with van der Waals surface area (Å²) in [5.41, 5.74) is 8.13. The lowest BCUT2D eigenvalue weighted by Gasteiger charge is -2.06. The molecule has 0 aromatic heterocycles. The Kier molecular flexibility index (Phi) is 8.19. The number of nitrogens with one attached hydrogen (secondary N) is 1. The van der Waals surface area contributed by atoms with Crippen molar-refractivity contribution in [1.29, 1.82) is 0 Å². The van der Waals surface area contributed by atoms with Gasteiger partial charge < -0.3 is 11.1 Å². The molecule has 24 heavy (non-hydrogen) atoms. The second kappa shape index (κ2) is 9.88. The first-order valence-corrected chi connectivity index (χ1v) is 7.59. The molecule has 2 aromatic carbocycles. The van der Waals surface area contributed by atoms with Crippen molar-refractivity contribution in [2.24, 2.45) is 0 Å². The van der Waals surface area contributed by atoms with Crippen LogP contribution in [0.3, 0.4) is 0 Å². The molecule has 2 rings (SSSR count). The molecular weight excluding hydrogens is 334 g/mol. The number of hydrogen-bond donors (Lipinski definition) is 2. The van der Waals surface area contributed by atoms with E-state index in [4.69, 9.17) is 5.73 Å². The fourth-order valence-electron chi connectivity index (χ4n) is 2.27. The van der Waals surface area contributed by atoms with E-state index in [0.717, 1.165) is 23.7 Å². The van der Waals surface area contributed by atoms with Gasteiger partial charge in [-0.3, -0.25) is 4.79 Å². The number of rotatable bonds is 7. The maximum Gasteiger partial charge on any atom is 0.220 e. The monoisotopic (exact) mass is 354 g/mol. The van der Waals surface area contributed by atoms with Crippen molar-refractivity contribution in [3.05, 3.63) is 65.2 Å². The average molecular weight is 355 g/mol. The van der Waals surface area contributed by atoms with Gasteiger partial charge in [-0.05, 0) is 54.7 Å². The third-order valence-electron chi connectivity index (χ3n) is 3.57. The minimum Gasteiger partial charge on any atom is -0.399 e. The minimum absolute atomic E-state index is 0. The fraction of sp³-hybridized carbons (Fsp3) is 0.278. The van der Waals surface area contributed by atoms with Crippen molar-refractivity contribution in [3.8, 4) is 0 Å². The van der Waals surface area contributed by atoms with Crippen molar-refractivity contribution >= 4 is 24.0 Å². The molecule has 0 radical (unpaired) electrons. The molecule has 0 aliphatic heterocycles. The summed E-state index contributed by atoms with van der Waals surface area (Å²) in [4.78, 5) is 11.7. The molecule has 3 N–H and O–H groups in total. The maximum atomic E-state index is 13.1. The summed E-state index contributed by atoms with van der Waals surface area (Å²) in [5, 5.41) is 2.85. The summed E-state index contributed by atoms with van der Waals surface area (Å²) in [6.45, 7) is 0.563. The molecule has 0 aliphatic rings. The summed E-state index contributed by atoms with van der Waals surface area (Å²) in [5.74, 6) is -1.74. The number of carbonyl (C=O) groups excluding carboxylic acids is 1. The van der Waals surface area contributed by atoms with Crippen molar-refractivity contribution in [1.82, 2.24) is 5.32 Å². The zero-order chi connectivity index (χ0) is 16.7. The van der Waals surface area contributed by atoms with E-state index in [2.05, 4.69) is 5.32 Å². The van der Waals surface area contributed by atoms with Crippen LogP contribution < -0.4 is 11.1 Å². The van der Waals surface area contributed by atoms with Crippen molar-refractivity contribution < 1.29 is 13.6 Å². The van der Waals surface area contributed by atoms with Crippen molar-refractivity contribution in [3.63, 3.8) is 0 Å². The predicted octanol–water partition coefficient (Wildman–Crippen LogP) is 3.65. The normalized spacial score (nSPS) is 10.1. The summed E-state index contributed by atoms with van der Waals surface area (Å²) in [7, 11) is 0. The maximum absolute atomic E-state index is 13.1. The molecule has 1 amide bonds. The van der Waals surface area contributed by atoms with E-state index in [-0.39, 0.29) is 18.3 Å². The van der Waals surface area contributed by atoms with E-state index in [1.54, 1.807) is 0 Å². The highest BCUT2D eigenvalue weighted by atomic mass is 35.5. The van der Waals surface area contributed by atoms with Crippen molar-refractivity contribution in [2.45, 2.75) is 25.7 Å². The van der Waals surface area contributed by atoms with Crippen LogP contribution in [0.5, 0.6) is 0 Å². The lowest BCUT2D eigenvalue weighted by atomic mass is 10.1. The highest BCUT2D eigenvalue weighted by Crippen LogP contribution is 2.11. The predicted molar refractivity (Wildman–Crippen MR) is 94.1 cm³/mol. The van der Waals surface area contributed by atoms with Crippen LogP contribution in [0.15, 0.2) is 42.5 Å². The Bertz CT molecular complexity index is 663. The lowest BCUT2D eigenvalue weighted by Crippen LogP contribution is -2.25. The smallest absolute Gasteiger partial charge is 0.220 e. The van der Waals surface area contributed by atoms with Crippen LogP contribution in [0.1, 0.15) is 24.0 Å². The molecular formula is C18H21ClF2N2O. The van der Waals surface area contributed by atoms with Gasteiger partial charge >= 0.3 is 0 Å². The number of hydrogen-bond acceptors (Lipinski definition) is 2. The summed E-state index contributed by atoms with van der Waals surface area (Å²) in [6, 6.07) is 11.4. The van der Waals surface area contributed by atoms with Crippen LogP contribution in [0.2, 0.25) is 0 Å². The van der Waals surface area contributed by atoms with E-state index >= 15 is 0 Å². The van der Waals surface area contributed by atoms with Crippen LogP contribution in [-0.2, 0) is 17.6 Å². The van der Waals surface area contributed by atoms with Gasteiger partial charge in [0.25, 0.3) is 0 Å². The first kappa shape index (κ1) is 19.9. The molecule has 0 atom stereocenters. The summed E-state index contributed by atoms with van der Waals surface area (Å²) in [6.07, 6.45) is 2.25. The fourth-order valence-corrected chi connectivity index (χ4v) is 2.27. The van der Waals surface area contributed by atoms with Gasteiger partial charge in [-0.25, -0.2) is 8.78 Å². The number of nitrogens with two attached hydrogens (primary N) is 1. The molecule has 0 fully saturated rings. The number of carbonyl (C=O) groups is 1. The molecule has 6 heteroatoms. The zero-order valence-electron chi connectivity index (χ0n) is 13.2. The van der Waals surface area contributed by atoms with Gasteiger partial charge in [-0.2, -0.15) is 0 Å². The molecule has 0 saturated carbocycles. The number of nitrogen functional groups attached to an aromatic ring is 1. The van der Waals surface area contributed by atoms with Gasteiger partial charge in [0.1, 0.15) is 0 Å². The van der Waals surface area contributed by atoms with Crippen LogP contribution in [0.25, 0.3) is 0 Å². The van der Waals surface area contributed by atoms with Crippen LogP contribution >= 0.6 is 12.4 Å². The van der Waals surface area contributed by atoms with Gasteiger partial charge in [0.2, 0.25) is 5.91 Å². The molecule has 0 saturated heterocycles. The first-order chi connectivity index (χ1) is 11.0. The Morgan fingerprint density at radius 2 is 1.62 bits per heavy atom. The number of benzene rings is 2. The largest absolute Gasteiger partial charge is 0.399 e. The molecule has 0 bridgehead atoms. The average Bonchev–Trinajstić information content (AvgIpc) is 2.53. The van der Waals surface area contributed by atoms with Crippen LogP contribution in [-0.4, -0.2) is 12.5 Å². The standard InChI is InChI=1S/C18H20F2N2O.ClH/c19-16-9-6-14(12-17(16)20)2-1-3-18(23)22-11-10-13-4-7-15(21)8-5-13;/h4-9,12H,1-3,10-11,21H2,(H,22,23);1H. The number of aryl methyl sites for hydroxylation is 1. The Hall–Kier alpha value is -2.14. The van der Waals surface area contributed by atoms with Gasteiger partial charge in [-0.15, -0.1) is 12.4 Å². The Balaban J connectivity index is 0.00000288. The Labute approximate surface area is 146 Å². The highest BCUT2D eigenvalue weighted by Gasteiger charge is 2.05. The molecule has 130 valence electrons. The molecule has 0 unspecified atom stereocenters. The SMILES string of the molecule is Cl.Nc1ccc(CCNC(=O)CCCc2ccc(F)c(F)c2)cc1. The highest BCUT2D eigenvalue weighted by molar-refractivity contribution is 5.85. The number of halogens is 3. The Morgan fingerprint density at radius 3 is 2.29 bits per heavy atom. The minimum atomic E-state index is -0.853. The number of anilines is 1. The lowest BCUT2D eigenvalue weighted by molar-refractivity contribution is -0.121. The van der Waals surface area contributed by atoms with E-state index in [0.29, 0.717) is 31.4 Å². The van der Waals surface area contributed by atoms with E-state index in [1.165, 1.54) is 12.1 Å². The summed E-state index contributed by atoms with van der Waals surface area (Å²) >= 11 is 0. The molecule has 0 heterocycles. The number of amides is 1. The summed E-state index contributed by atoms with van der Waals surface area (Å²) < 4.78 is 25.9. The third kappa shape index (κ3) is 6.54. The van der Waals surface area contributed by atoms with E-state index < -0.39 is 11.6 Å². The Morgan fingerprint density at radius 1 is 0.958 bits per heavy atom. The van der Waals surface area contributed by atoms with Gasteiger partial charge in [0.05, 0.1) is 0 Å². The van der Waals surface area contributed by atoms with Crippen molar-refractivity contribution in [2.75, 3.05) is 12.3 Å². The molecule has 0 spiro atoms. The second-order valence-corrected chi connectivity index (χ2v) is 5.44. The van der Waals surface area contributed by atoms with Gasteiger partial charge in [-0.1, -0.05) is 18.2 Å². The first-order valence-electron chi connectivity index (χ1n) is 7.59. The van der Waals surface area contributed by atoms with Gasteiger partial charge in [0, 0.05) is 18.7 Å². The molecule has 3 nitrogen and oxygen atoms in total. The second-order valence-electron chi connectivity index (χ2n) is 5.44. The van der Waals surface area contributed by atoms with Crippen LogP contribution in [0, 0.1) is 11.6 Å². The quantitative estimate of drug-likeness (QED) is 0.746. The molecule has 0 aliphatic carbocycles. The zero-order valence-corrected chi connectivity index (χ0v) is 14.0. The van der Waals surface area contributed by atoms with E-state index in [9.17, 15) is 13.6 Å². The van der Waals surface area contributed by atoms with Crippen LogP contribution in [0.4, 0.5) is 14.5 Å². The molecule has 2 aromatic rings. The van der Waals surface area contributed by atoms with E-state index in [1.807, 2.05) is 24.3 Å². The topological polar surface area (TPSA) is 55.1 Å². The third-order valence-corrected chi connectivity index (χ3v) is 3.57.